The molecule has 0 radical (unpaired) electrons. The molecule has 0 saturated carbocycles. The van der Waals surface area contributed by atoms with Crippen molar-refractivity contribution in [1.82, 2.24) is 0 Å². The van der Waals surface area contributed by atoms with Gasteiger partial charge in [-0.3, -0.25) is 9.59 Å². The molecule has 0 aromatic heterocycles. The molecule has 1 fully saturated rings. The predicted octanol–water partition coefficient (Wildman–Crippen LogP) is 1.18. The largest absolute Gasteiger partial charge is 0.458 e. The maximum atomic E-state index is 11.5. The third kappa shape index (κ3) is 4.73. The van der Waals surface area contributed by atoms with Crippen LogP contribution in [0.4, 0.5) is 0 Å². The van der Waals surface area contributed by atoms with E-state index in [4.69, 9.17) is 14.6 Å². The second-order valence-corrected chi connectivity index (χ2v) is 4.25. The van der Waals surface area contributed by atoms with Gasteiger partial charge in [0.05, 0.1) is 13.0 Å². The monoisotopic (exact) mass is 244 g/mol. The van der Waals surface area contributed by atoms with Crippen LogP contribution in [0.15, 0.2) is 0 Å². The molecule has 0 unspecified atom stereocenters. The van der Waals surface area contributed by atoms with Crippen LogP contribution in [0.5, 0.6) is 0 Å². The standard InChI is InChI=1S/C12H20O5/c1-2-3-4-5-6-11(14)16-9-7-12(15)17-10(9)8-13/h9-10,13H,2-8H2,1H3/t9-,10+/m1/s1. The summed E-state index contributed by atoms with van der Waals surface area (Å²) < 4.78 is 9.92. The zero-order valence-corrected chi connectivity index (χ0v) is 10.2. The first-order valence-corrected chi connectivity index (χ1v) is 6.17. The fourth-order valence-corrected chi connectivity index (χ4v) is 1.78. The number of carbonyl (C=O) groups is 2. The summed E-state index contributed by atoms with van der Waals surface area (Å²) in [6.07, 6.45) is 3.14. The van der Waals surface area contributed by atoms with Crippen LogP contribution in [0, 0.1) is 0 Å². The highest BCUT2D eigenvalue weighted by Crippen LogP contribution is 2.19. The van der Waals surface area contributed by atoms with E-state index in [-0.39, 0.29) is 19.0 Å². The topological polar surface area (TPSA) is 72.8 Å². The molecule has 0 spiro atoms. The molecule has 0 amide bonds. The van der Waals surface area contributed by atoms with Crippen molar-refractivity contribution < 1.29 is 24.2 Å². The van der Waals surface area contributed by atoms with Gasteiger partial charge in [0.2, 0.25) is 0 Å². The summed E-state index contributed by atoms with van der Waals surface area (Å²) in [5.41, 5.74) is 0. The van der Waals surface area contributed by atoms with Gasteiger partial charge in [-0.25, -0.2) is 0 Å². The van der Waals surface area contributed by atoms with Crippen LogP contribution in [-0.2, 0) is 19.1 Å². The minimum Gasteiger partial charge on any atom is -0.458 e. The zero-order valence-electron chi connectivity index (χ0n) is 10.2. The smallest absolute Gasteiger partial charge is 0.310 e. The maximum Gasteiger partial charge on any atom is 0.310 e. The number of hydrogen-bond donors (Lipinski definition) is 1. The normalized spacial score (nSPS) is 23.5. The molecular formula is C12H20O5. The highest BCUT2D eigenvalue weighted by atomic mass is 16.6. The molecular weight excluding hydrogens is 224 g/mol. The molecule has 0 aromatic carbocycles. The van der Waals surface area contributed by atoms with Crippen LogP contribution >= 0.6 is 0 Å². The molecule has 1 rings (SSSR count). The Bertz CT molecular complexity index is 264. The highest BCUT2D eigenvalue weighted by Gasteiger charge is 2.37. The van der Waals surface area contributed by atoms with Gasteiger partial charge in [0.15, 0.2) is 12.2 Å². The van der Waals surface area contributed by atoms with E-state index in [1.165, 1.54) is 0 Å². The van der Waals surface area contributed by atoms with Crippen molar-refractivity contribution in [3.63, 3.8) is 0 Å². The van der Waals surface area contributed by atoms with Crippen molar-refractivity contribution in [3.8, 4) is 0 Å². The summed E-state index contributed by atoms with van der Waals surface area (Å²) in [7, 11) is 0. The van der Waals surface area contributed by atoms with Crippen LogP contribution in [0.3, 0.4) is 0 Å². The summed E-state index contributed by atoms with van der Waals surface area (Å²) >= 11 is 0. The van der Waals surface area contributed by atoms with E-state index >= 15 is 0 Å². The summed E-state index contributed by atoms with van der Waals surface area (Å²) in [6, 6.07) is 0. The molecule has 98 valence electrons. The van der Waals surface area contributed by atoms with Gasteiger partial charge in [0.1, 0.15) is 0 Å². The molecule has 1 aliphatic heterocycles. The first-order valence-electron chi connectivity index (χ1n) is 6.17. The number of hydrogen-bond acceptors (Lipinski definition) is 5. The van der Waals surface area contributed by atoms with E-state index in [0.717, 1.165) is 25.7 Å². The van der Waals surface area contributed by atoms with E-state index < -0.39 is 18.2 Å². The molecule has 5 nitrogen and oxygen atoms in total. The Morgan fingerprint density at radius 3 is 2.88 bits per heavy atom. The fourth-order valence-electron chi connectivity index (χ4n) is 1.78. The van der Waals surface area contributed by atoms with E-state index in [2.05, 4.69) is 6.92 Å². The number of esters is 2. The Labute approximate surface area is 101 Å². The molecule has 0 aromatic rings. The van der Waals surface area contributed by atoms with Crippen LogP contribution < -0.4 is 0 Å². The lowest BCUT2D eigenvalue weighted by Gasteiger charge is -2.15. The van der Waals surface area contributed by atoms with Crippen LogP contribution in [0.25, 0.3) is 0 Å². The van der Waals surface area contributed by atoms with Crippen molar-refractivity contribution in [2.75, 3.05) is 6.61 Å². The molecule has 1 aliphatic rings. The summed E-state index contributed by atoms with van der Waals surface area (Å²) in [5.74, 6) is -0.740. The molecule has 17 heavy (non-hydrogen) atoms. The lowest BCUT2D eigenvalue weighted by atomic mass is 10.1. The van der Waals surface area contributed by atoms with E-state index in [1.807, 2.05) is 0 Å². The average molecular weight is 244 g/mol. The Balaban J connectivity index is 2.23. The van der Waals surface area contributed by atoms with Gasteiger partial charge in [-0.15, -0.1) is 0 Å². The molecule has 1 heterocycles. The third-order valence-electron chi connectivity index (χ3n) is 2.76. The Morgan fingerprint density at radius 1 is 1.47 bits per heavy atom. The molecule has 1 saturated heterocycles. The van der Waals surface area contributed by atoms with Gasteiger partial charge in [-0.1, -0.05) is 26.2 Å². The number of carbonyl (C=O) groups excluding carboxylic acids is 2. The lowest BCUT2D eigenvalue weighted by Crippen LogP contribution is -2.30. The Morgan fingerprint density at radius 2 is 2.24 bits per heavy atom. The van der Waals surface area contributed by atoms with Gasteiger partial charge in [-0.2, -0.15) is 0 Å². The minimum absolute atomic E-state index is 0.0475. The number of cyclic esters (lactones) is 1. The molecule has 5 heteroatoms. The minimum atomic E-state index is -0.693. The van der Waals surface area contributed by atoms with Crippen molar-refractivity contribution in [3.05, 3.63) is 0 Å². The zero-order chi connectivity index (χ0) is 12.7. The first kappa shape index (κ1) is 14.0. The van der Waals surface area contributed by atoms with Gasteiger partial charge < -0.3 is 14.6 Å². The lowest BCUT2D eigenvalue weighted by molar-refractivity contribution is -0.154. The summed E-state index contributed by atoms with van der Waals surface area (Å²) in [5, 5.41) is 8.94. The molecule has 2 atom stereocenters. The summed E-state index contributed by atoms with van der Waals surface area (Å²) in [6.45, 7) is 1.80. The Kier molecular flexibility index (Phi) is 5.97. The van der Waals surface area contributed by atoms with Crippen molar-refractivity contribution in [2.24, 2.45) is 0 Å². The van der Waals surface area contributed by atoms with E-state index in [1.54, 1.807) is 0 Å². The number of aliphatic hydroxyl groups excluding tert-OH is 1. The SMILES string of the molecule is CCCCCCC(=O)O[C@@H]1CC(=O)O[C@H]1CO. The summed E-state index contributed by atoms with van der Waals surface area (Å²) in [4.78, 5) is 22.4. The third-order valence-corrected chi connectivity index (χ3v) is 2.76. The molecule has 1 N–H and O–H groups in total. The van der Waals surface area contributed by atoms with Crippen molar-refractivity contribution >= 4 is 11.9 Å². The average Bonchev–Trinajstić information content (AvgIpc) is 2.65. The van der Waals surface area contributed by atoms with Crippen LogP contribution in [-0.4, -0.2) is 35.9 Å². The number of rotatable bonds is 7. The van der Waals surface area contributed by atoms with E-state index in [0.29, 0.717) is 6.42 Å². The highest BCUT2D eigenvalue weighted by molar-refractivity contribution is 5.74. The maximum absolute atomic E-state index is 11.5. The fraction of sp³-hybridized carbons (Fsp3) is 0.833. The van der Waals surface area contributed by atoms with Crippen molar-refractivity contribution in [1.29, 1.82) is 0 Å². The second-order valence-electron chi connectivity index (χ2n) is 4.25. The number of aliphatic hydroxyl groups is 1. The molecule has 0 bridgehead atoms. The van der Waals surface area contributed by atoms with Gasteiger partial charge in [-0.05, 0) is 6.42 Å². The van der Waals surface area contributed by atoms with Crippen LogP contribution in [0.2, 0.25) is 0 Å². The van der Waals surface area contributed by atoms with E-state index in [9.17, 15) is 9.59 Å². The first-order chi connectivity index (χ1) is 8.17. The van der Waals surface area contributed by atoms with Gasteiger partial charge in [0.25, 0.3) is 0 Å². The van der Waals surface area contributed by atoms with Crippen molar-refractivity contribution in [2.45, 2.75) is 57.7 Å². The van der Waals surface area contributed by atoms with Gasteiger partial charge in [0, 0.05) is 6.42 Å². The van der Waals surface area contributed by atoms with Crippen LogP contribution in [0.1, 0.15) is 45.4 Å². The Hall–Kier alpha value is -1.10. The number of unbranched alkanes of at least 4 members (excludes halogenated alkanes) is 3. The second kappa shape index (κ2) is 7.27. The number of ether oxygens (including phenoxy) is 2. The van der Waals surface area contributed by atoms with Gasteiger partial charge >= 0.3 is 11.9 Å². The predicted molar refractivity (Wildman–Crippen MR) is 60.2 cm³/mol. The molecule has 0 aliphatic carbocycles. The quantitative estimate of drug-likeness (QED) is 0.537.